The van der Waals surface area contributed by atoms with Gasteiger partial charge in [-0.2, -0.15) is 0 Å². The monoisotopic (exact) mass is 387 g/mol. The maximum absolute atomic E-state index is 13.0. The average Bonchev–Trinajstić information content (AvgIpc) is 3.18. The van der Waals surface area contributed by atoms with E-state index >= 15 is 0 Å². The molecule has 0 aliphatic rings. The Hall–Kier alpha value is -3.80. The van der Waals surface area contributed by atoms with Gasteiger partial charge in [0.2, 0.25) is 0 Å². The third-order valence-electron chi connectivity index (χ3n) is 4.80. The van der Waals surface area contributed by atoms with Crippen LogP contribution in [0.4, 0.5) is 5.69 Å². The molecule has 0 aliphatic carbocycles. The van der Waals surface area contributed by atoms with Gasteiger partial charge in [-0.25, -0.2) is 4.98 Å². The molecule has 3 aromatic carbocycles. The molecular weight excluding hydrogens is 366 g/mol. The van der Waals surface area contributed by atoms with Crippen LogP contribution in [-0.2, 0) is 0 Å². The lowest BCUT2D eigenvalue weighted by molar-refractivity contribution is 0.102. The lowest BCUT2D eigenvalue weighted by Crippen LogP contribution is -2.15. The zero-order chi connectivity index (χ0) is 20.4. The number of rotatable bonds is 5. The van der Waals surface area contributed by atoms with Crippen molar-refractivity contribution in [1.29, 1.82) is 0 Å². The van der Waals surface area contributed by atoms with Crippen molar-refractivity contribution in [3.8, 4) is 22.9 Å². The Morgan fingerprint density at radius 1 is 0.966 bits per heavy atom. The van der Waals surface area contributed by atoms with Crippen LogP contribution >= 0.6 is 0 Å². The molecule has 0 aliphatic heterocycles. The average molecular weight is 387 g/mol. The summed E-state index contributed by atoms with van der Waals surface area (Å²) in [7, 11) is 3.05. The quantitative estimate of drug-likeness (QED) is 0.515. The summed E-state index contributed by atoms with van der Waals surface area (Å²) in [6.45, 7) is 1.94. The fraction of sp³-hybridized carbons (Fsp3) is 0.130. The van der Waals surface area contributed by atoms with Crippen LogP contribution in [-0.4, -0.2) is 30.1 Å². The van der Waals surface area contributed by atoms with Gasteiger partial charge in [-0.05, 0) is 42.8 Å². The predicted octanol–water partition coefficient (Wildman–Crippen LogP) is 4.81. The molecule has 0 bridgehead atoms. The second-order valence-electron chi connectivity index (χ2n) is 6.62. The number of methoxy groups -OCH3 is 2. The maximum Gasteiger partial charge on any atom is 0.263 e. The van der Waals surface area contributed by atoms with Crippen LogP contribution in [0.15, 0.2) is 60.7 Å². The lowest BCUT2D eigenvalue weighted by atomic mass is 10.1. The maximum atomic E-state index is 13.0. The molecular formula is C23H21N3O3. The molecule has 4 aromatic rings. The number of nitrogens with one attached hydrogen (secondary N) is 2. The van der Waals surface area contributed by atoms with Crippen molar-refractivity contribution in [2.45, 2.75) is 6.92 Å². The van der Waals surface area contributed by atoms with Gasteiger partial charge in [0, 0.05) is 11.3 Å². The van der Waals surface area contributed by atoms with E-state index in [9.17, 15) is 4.79 Å². The van der Waals surface area contributed by atoms with Crippen molar-refractivity contribution in [3.63, 3.8) is 0 Å². The summed E-state index contributed by atoms with van der Waals surface area (Å²) in [5, 5.41) is 2.98. The van der Waals surface area contributed by atoms with Crippen LogP contribution in [0.5, 0.6) is 11.5 Å². The van der Waals surface area contributed by atoms with Crippen molar-refractivity contribution < 1.29 is 14.3 Å². The van der Waals surface area contributed by atoms with Gasteiger partial charge in [-0.15, -0.1) is 0 Å². The highest BCUT2D eigenvalue weighted by Gasteiger charge is 2.19. The van der Waals surface area contributed by atoms with Gasteiger partial charge >= 0.3 is 0 Å². The number of H-pyrrole nitrogens is 1. The molecule has 1 amide bonds. The summed E-state index contributed by atoms with van der Waals surface area (Å²) < 4.78 is 10.7. The number of nitrogens with zero attached hydrogens (tertiary/aromatic N) is 1. The van der Waals surface area contributed by atoms with Crippen LogP contribution in [0, 0.1) is 6.92 Å². The SMILES string of the molecule is COc1cccc(OC)c1C(=O)Nc1cc(-c2nc3ccccc3[nH]2)ccc1C. The summed E-state index contributed by atoms with van der Waals surface area (Å²) in [5.74, 6) is 1.35. The van der Waals surface area contributed by atoms with Crippen LogP contribution in [0.1, 0.15) is 15.9 Å². The molecule has 0 radical (unpaired) electrons. The molecule has 1 heterocycles. The van der Waals surface area contributed by atoms with E-state index in [4.69, 9.17) is 9.47 Å². The number of imidazole rings is 1. The van der Waals surface area contributed by atoms with Gasteiger partial charge in [0.25, 0.3) is 5.91 Å². The molecule has 0 unspecified atom stereocenters. The highest BCUT2D eigenvalue weighted by atomic mass is 16.5. The first-order valence-corrected chi connectivity index (χ1v) is 9.19. The summed E-state index contributed by atoms with van der Waals surface area (Å²) in [6, 6.07) is 18.9. The number of benzene rings is 3. The number of carbonyl (C=O) groups is 1. The number of aromatic nitrogens is 2. The van der Waals surface area contributed by atoms with E-state index in [1.165, 1.54) is 14.2 Å². The standard InChI is InChI=1S/C23H21N3O3/c1-14-11-12-15(22-24-16-7-4-5-8-17(16)25-22)13-18(14)26-23(27)21-19(28-2)9-6-10-20(21)29-3/h4-13H,1-3H3,(H,24,25)(H,26,27). The van der Waals surface area contributed by atoms with Crippen LogP contribution < -0.4 is 14.8 Å². The second-order valence-corrected chi connectivity index (χ2v) is 6.62. The minimum atomic E-state index is -0.302. The molecule has 0 fully saturated rings. The third-order valence-corrected chi connectivity index (χ3v) is 4.80. The minimum absolute atomic E-state index is 0.302. The molecule has 4 rings (SSSR count). The Labute approximate surface area is 168 Å². The zero-order valence-corrected chi connectivity index (χ0v) is 16.4. The summed E-state index contributed by atoms with van der Waals surface area (Å²) in [6.07, 6.45) is 0. The van der Waals surface area contributed by atoms with Crippen molar-refractivity contribution in [1.82, 2.24) is 9.97 Å². The summed E-state index contributed by atoms with van der Waals surface area (Å²) >= 11 is 0. The molecule has 2 N–H and O–H groups in total. The first-order chi connectivity index (χ1) is 14.1. The number of hydrogen-bond acceptors (Lipinski definition) is 4. The van der Waals surface area contributed by atoms with Gasteiger partial charge in [0.1, 0.15) is 22.9 Å². The van der Waals surface area contributed by atoms with E-state index in [0.29, 0.717) is 22.7 Å². The second kappa shape index (κ2) is 7.67. The fourth-order valence-corrected chi connectivity index (χ4v) is 3.25. The molecule has 146 valence electrons. The van der Waals surface area contributed by atoms with Crippen LogP contribution in [0.3, 0.4) is 0 Å². The number of hydrogen-bond donors (Lipinski definition) is 2. The molecule has 0 saturated carbocycles. The number of amides is 1. The summed E-state index contributed by atoms with van der Waals surface area (Å²) in [4.78, 5) is 21.0. The van der Waals surface area contributed by atoms with Gasteiger partial charge in [0.15, 0.2) is 0 Å². The van der Waals surface area contributed by atoms with Crippen molar-refractivity contribution in [2.75, 3.05) is 19.5 Å². The van der Waals surface area contributed by atoms with Crippen molar-refractivity contribution in [3.05, 3.63) is 71.8 Å². The number of para-hydroxylation sites is 2. The summed E-state index contributed by atoms with van der Waals surface area (Å²) in [5.41, 5.74) is 4.73. The number of aryl methyl sites for hydroxylation is 1. The Morgan fingerprint density at radius 2 is 1.69 bits per heavy atom. The largest absolute Gasteiger partial charge is 0.496 e. The smallest absolute Gasteiger partial charge is 0.263 e. The van der Waals surface area contributed by atoms with E-state index in [2.05, 4.69) is 15.3 Å². The van der Waals surface area contributed by atoms with Crippen molar-refractivity contribution >= 4 is 22.6 Å². The van der Waals surface area contributed by atoms with Crippen LogP contribution in [0.25, 0.3) is 22.4 Å². The van der Waals surface area contributed by atoms with E-state index in [1.54, 1.807) is 18.2 Å². The van der Waals surface area contributed by atoms with E-state index in [-0.39, 0.29) is 5.91 Å². The Morgan fingerprint density at radius 3 is 2.38 bits per heavy atom. The normalized spacial score (nSPS) is 10.7. The first-order valence-electron chi connectivity index (χ1n) is 9.19. The van der Waals surface area contributed by atoms with Gasteiger partial charge < -0.3 is 19.8 Å². The Bertz CT molecular complexity index is 1140. The predicted molar refractivity (Wildman–Crippen MR) is 114 cm³/mol. The number of carbonyl (C=O) groups excluding carboxylic acids is 1. The zero-order valence-electron chi connectivity index (χ0n) is 16.4. The van der Waals surface area contributed by atoms with E-state index in [0.717, 1.165) is 28.0 Å². The molecule has 0 saturated heterocycles. The molecule has 1 aromatic heterocycles. The number of ether oxygens (including phenoxy) is 2. The number of fused-ring (bicyclic) bond motifs is 1. The topological polar surface area (TPSA) is 76.2 Å². The molecule has 6 heteroatoms. The molecule has 6 nitrogen and oxygen atoms in total. The molecule has 0 spiro atoms. The Kier molecular flexibility index (Phi) is 4.91. The van der Waals surface area contributed by atoms with Crippen molar-refractivity contribution in [2.24, 2.45) is 0 Å². The minimum Gasteiger partial charge on any atom is -0.496 e. The lowest BCUT2D eigenvalue weighted by Gasteiger charge is -2.14. The van der Waals surface area contributed by atoms with Gasteiger partial charge in [-0.3, -0.25) is 4.79 Å². The van der Waals surface area contributed by atoms with Crippen LogP contribution in [0.2, 0.25) is 0 Å². The number of anilines is 1. The highest BCUT2D eigenvalue weighted by Crippen LogP contribution is 2.31. The first kappa shape index (κ1) is 18.6. The third kappa shape index (κ3) is 3.52. The Balaban J connectivity index is 1.69. The van der Waals surface area contributed by atoms with Gasteiger partial charge in [0.05, 0.1) is 25.3 Å². The highest BCUT2D eigenvalue weighted by molar-refractivity contribution is 6.08. The van der Waals surface area contributed by atoms with Gasteiger partial charge in [-0.1, -0.05) is 30.3 Å². The van der Waals surface area contributed by atoms with E-state index < -0.39 is 0 Å². The fourth-order valence-electron chi connectivity index (χ4n) is 3.25. The molecule has 29 heavy (non-hydrogen) atoms. The molecule has 0 atom stereocenters. The number of aromatic amines is 1. The van der Waals surface area contributed by atoms with E-state index in [1.807, 2.05) is 49.4 Å².